The summed E-state index contributed by atoms with van der Waals surface area (Å²) in [7, 11) is -2.54. The van der Waals surface area contributed by atoms with E-state index < -0.39 is 22.5 Å². The van der Waals surface area contributed by atoms with E-state index >= 15 is 0 Å². The summed E-state index contributed by atoms with van der Waals surface area (Å²) in [6.07, 6.45) is 1.43. The first-order valence-corrected chi connectivity index (χ1v) is 14.1. The number of benzene rings is 4. The number of hydrazone groups is 1. The van der Waals surface area contributed by atoms with Crippen LogP contribution >= 0.6 is 11.6 Å². The van der Waals surface area contributed by atoms with Gasteiger partial charge in [-0.25, -0.2) is 13.8 Å². The van der Waals surface area contributed by atoms with Crippen molar-refractivity contribution in [3.05, 3.63) is 119 Å². The van der Waals surface area contributed by atoms with E-state index in [1.54, 1.807) is 55.5 Å². The molecule has 4 aromatic carbocycles. The number of nitrogens with zero attached hydrogens (tertiary/aromatic N) is 2. The summed E-state index contributed by atoms with van der Waals surface area (Å²) in [6, 6.07) is 27.8. The molecule has 0 heterocycles. The second-order valence-electron chi connectivity index (χ2n) is 8.73. The van der Waals surface area contributed by atoms with Crippen molar-refractivity contribution in [3.63, 3.8) is 0 Å². The third-order valence-corrected chi connectivity index (χ3v) is 7.90. The Bertz CT molecular complexity index is 1600. The van der Waals surface area contributed by atoms with Gasteiger partial charge in [0.2, 0.25) is 0 Å². The first-order valence-electron chi connectivity index (χ1n) is 12.3. The third-order valence-electron chi connectivity index (χ3n) is 5.89. The maximum atomic E-state index is 13.5. The number of carbonyl (C=O) groups is 1. The molecule has 4 aromatic rings. The Morgan fingerprint density at radius 3 is 2.35 bits per heavy atom. The Morgan fingerprint density at radius 2 is 1.65 bits per heavy atom. The van der Waals surface area contributed by atoms with E-state index in [0.717, 1.165) is 9.87 Å². The van der Waals surface area contributed by atoms with Gasteiger partial charge < -0.3 is 9.47 Å². The molecule has 0 aromatic heterocycles. The quantitative estimate of drug-likeness (QED) is 0.185. The fraction of sp³-hybridized carbons (Fsp3) is 0.133. The van der Waals surface area contributed by atoms with Gasteiger partial charge in [-0.2, -0.15) is 5.10 Å². The lowest BCUT2D eigenvalue weighted by molar-refractivity contribution is -0.119. The minimum atomic E-state index is -4.07. The van der Waals surface area contributed by atoms with Crippen molar-refractivity contribution in [1.82, 2.24) is 5.43 Å². The molecular weight excluding hydrogens is 550 g/mol. The lowest BCUT2D eigenvalue weighted by Gasteiger charge is -2.25. The van der Waals surface area contributed by atoms with Crippen molar-refractivity contribution < 1.29 is 22.7 Å². The van der Waals surface area contributed by atoms with Gasteiger partial charge in [-0.15, -0.1) is 0 Å². The lowest BCUT2D eigenvalue weighted by atomic mass is 10.2. The minimum absolute atomic E-state index is 0.0485. The minimum Gasteiger partial charge on any atom is -0.493 e. The van der Waals surface area contributed by atoms with E-state index in [4.69, 9.17) is 21.1 Å². The van der Waals surface area contributed by atoms with Gasteiger partial charge in [-0.3, -0.25) is 9.10 Å². The van der Waals surface area contributed by atoms with Crippen LogP contribution in [0.3, 0.4) is 0 Å². The molecule has 0 fully saturated rings. The molecule has 0 unspecified atom stereocenters. The summed E-state index contributed by atoms with van der Waals surface area (Å²) >= 11 is 6.17. The average molecular weight is 578 g/mol. The van der Waals surface area contributed by atoms with Crippen LogP contribution in [0.15, 0.2) is 107 Å². The number of rotatable bonds is 11. The van der Waals surface area contributed by atoms with Crippen LogP contribution in [0.4, 0.5) is 5.69 Å². The van der Waals surface area contributed by atoms with Crippen LogP contribution < -0.4 is 19.2 Å². The molecule has 206 valence electrons. The number of nitrogens with one attached hydrogen (secondary N) is 1. The zero-order chi connectivity index (χ0) is 28.5. The smallest absolute Gasteiger partial charge is 0.264 e. The predicted octanol–water partition coefficient (Wildman–Crippen LogP) is 5.58. The highest BCUT2D eigenvalue weighted by Crippen LogP contribution is 2.30. The van der Waals surface area contributed by atoms with Gasteiger partial charge >= 0.3 is 0 Å². The third kappa shape index (κ3) is 7.19. The lowest BCUT2D eigenvalue weighted by Crippen LogP contribution is -2.40. The summed E-state index contributed by atoms with van der Waals surface area (Å²) in [4.78, 5) is 12.9. The number of amides is 1. The second-order valence-corrected chi connectivity index (χ2v) is 11.0. The monoisotopic (exact) mass is 577 g/mol. The molecule has 4 rings (SSSR count). The summed E-state index contributed by atoms with van der Waals surface area (Å²) in [6.45, 7) is 1.62. The van der Waals surface area contributed by atoms with Crippen LogP contribution in [0.5, 0.6) is 11.5 Å². The number of halogens is 1. The number of carbonyl (C=O) groups excluding carboxylic acids is 1. The van der Waals surface area contributed by atoms with E-state index in [1.165, 1.54) is 31.5 Å². The Kier molecular flexibility index (Phi) is 9.42. The zero-order valence-corrected chi connectivity index (χ0v) is 23.5. The Labute approximate surface area is 238 Å². The van der Waals surface area contributed by atoms with Crippen molar-refractivity contribution >= 4 is 39.4 Å². The predicted molar refractivity (Wildman–Crippen MR) is 157 cm³/mol. The molecule has 0 aliphatic heterocycles. The van der Waals surface area contributed by atoms with Crippen molar-refractivity contribution in [2.24, 2.45) is 5.10 Å². The molecule has 0 radical (unpaired) electrons. The van der Waals surface area contributed by atoms with E-state index in [0.29, 0.717) is 39.9 Å². The van der Waals surface area contributed by atoms with Crippen molar-refractivity contribution in [1.29, 1.82) is 0 Å². The number of ether oxygens (including phenoxy) is 2. The van der Waals surface area contributed by atoms with E-state index in [9.17, 15) is 13.2 Å². The summed E-state index contributed by atoms with van der Waals surface area (Å²) < 4.78 is 39.4. The largest absolute Gasteiger partial charge is 0.493 e. The summed E-state index contributed by atoms with van der Waals surface area (Å²) in [5.41, 5.74) is 5.01. The van der Waals surface area contributed by atoms with Crippen molar-refractivity contribution in [2.75, 3.05) is 18.0 Å². The standard InChI is InChI=1S/C30H28ClN3O5S/c1-22-13-15-25(31)18-27(22)34(40(36,37)26-11-7-4-8-12-26)20-30(35)33-32-19-24-14-16-28(29(17-24)38-2)39-21-23-9-5-3-6-10-23/h3-19H,20-21H2,1-2H3,(H,33,35)/b32-19-. The van der Waals surface area contributed by atoms with E-state index in [1.807, 2.05) is 30.3 Å². The molecule has 0 aliphatic carbocycles. The maximum absolute atomic E-state index is 13.5. The van der Waals surface area contributed by atoms with Crippen LogP contribution in [0.1, 0.15) is 16.7 Å². The molecule has 0 saturated carbocycles. The van der Waals surface area contributed by atoms with Gasteiger partial charge in [-0.1, -0.05) is 66.2 Å². The fourth-order valence-electron chi connectivity index (χ4n) is 3.83. The first kappa shape index (κ1) is 28.7. The number of sulfonamides is 1. The van der Waals surface area contributed by atoms with Crippen LogP contribution in [-0.2, 0) is 21.4 Å². The highest BCUT2D eigenvalue weighted by atomic mass is 35.5. The Hall–Kier alpha value is -4.34. The molecule has 1 N–H and O–H groups in total. The molecule has 0 saturated heterocycles. The van der Waals surface area contributed by atoms with Gasteiger partial charge in [0.05, 0.1) is 23.9 Å². The first-order chi connectivity index (χ1) is 19.3. The van der Waals surface area contributed by atoms with Crippen molar-refractivity contribution in [3.8, 4) is 11.5 Å². The van der Waals surface area contributed by atoms with Gasteiger partial charge in [0, 0.05) is 5.02 Å². The fourth-order valence-corrected chi connectivity index (χ4v) is 5.50. The number of hydrogen-bond donors (Lipinski definition) is 1. The molecule has 40 heavy (non-hydrogen) atoms. The number of anilines is 1. The van der Waals surface area contributed by atoms with Gasteiger partial charge in [0.1, 0.15) is 13.2 Å². The number of aryl methyl sites for hydroxylation is 1. The molecule has 10 heteroatoms. The number of hydrogen-bond acceptors (Lipinski definition) is 6. The zero-order valence-electron chi connectivity index (χ0n) is 22.0. The Morgan fingerprint density at radius 1 is 0.950 bits per heavy atom. The van der Waals surface area contributed by atoms with E-state index in [-0.39, 0.29) is 4.90 Å². The number of methoxy groups -OCH3 is 1. The average Bonchev–Trinajstić information content (AvgIpc) is 2.97. The van der Waals surface area contributed by atoms with Crippen LogP contribution in [0.2, 0.25) is 5.02 Å². The highest BCUT2D eigenvalue weighted by Gasteiger charge is 2.28. The van der Waals surface area contributed by atoms with Crippen LogP contribution in [0.25, 0.3) is 0 Å². The van der Waals surface area contributed by atoms with E-state index in [2.05, 4.69) is 10.5 Å². The van der Waals surface area contributed by atoms with Gasteiger partial charge in [-0.05, 0) is 66.1 Å². The second kappa shape index (κ2) is 13.1. The molecule has 0 atom stereocenters. The summed E-state index contributed by atoms with van der Waals surface area (Å²) in [5.74, 6) is 0.430. The maximum Gasteiger partial charge on any atom is 0.264 e. The molecular formula is C30H28ClN3O5S. The molecule has 0 spiro atoms. The van der Waals surface area contributed by atoms with Crippen LogP contribution in [0, 0.1) is 6.92 Å². The normalized spacial score (nSPS) is 11.3. The molecule has 0 aliphatic rings. The van der Waals surface area contributed by atoms with Crippen LogP contribution in [-0.4, -0.2) is 34.2 Å². The van der Waals surface area contributed by atoms with Gasteiger partial charge in [0.15, 0.2) is 11.5 Å². The Balaban J connectivity index is 1.48. The summed E-state index contributed by atoms with van der Waals surface area (Å²) in [5, 5.41) is 4.36. The highest BCUT2D eigenvalue weighted by molar-refractivity contribution is 7.92. The molecule has 8 nitrogen and oxygen atoms in total. The SMILES string of the molecule is COc1cc(/C=N\NC(=O)CN(c2cc(Cl)ccc2C)S(=O)(=O)c2ccccc2)ccc1OCc1ccccc1. The molecule has 1 amide bonds. The van der Waals surface area contributed by atoms with Crippen molar-refractivity contribution in [2.45, 2.75) is 18.4 Å². The molecule has 0 bridgehead atoms. The topological polar surface area (TPSA) is 97.3 Å². The van der Waals surface area contributed by atoms with Gasteiger partial charge in [0.25, 0.3) is 15.9 Å².